The van der Waals surface area contributed by atoms with Gasteiger partial charge < -0.3 is 18.6 Å². The number of para-hydroxylation sites is 2. The summed E-state index contributed by atoms with van der Waals surface area (Å²) in [5.41, 5.74) is 12.1. The van der Waals surface area contributed by atoms with Gasteiger partial charge in [0.2, 0.25) is 5.89 Å². The highest BCUT2D eigenvalue weighted by Gasteiger charge is 2.25. The molecule has 0 amide bonds. The zero-order valence-corrected chi connectivity index (χ0v) is 31.4. The number of nitrogens with zero attached hydrogens (tertiary/aromatic N) is 3. The maximum atomic E-state index is 6.86. The van der Waals surface area contributed by atoms with Gasteiger partial charge in [0.25, 0.3) is 0 Å². The number of hydrogen-bond acceptors (Lipinski definition) is 5. The first-order chi connectivity index (χ1) is 28.7. The summed E-state index contributed by atoms with van der Waals surface area (Å²) in [6, 6.07) is 73.9. The van der Waals surface area contributed by atoms with E-state index in [1.807, 2.05) is 42.5 Å². The lowest BCUT2D eigenvalue weighted by molar-refractivity contribution is 0.620. The molecule has 0 fully saturated rings. The molecule has 0 N–H and O–H groups in total. The van der Waals surface area contributed by atoms with Crippen LogP contribution >= 0.6 is 0 Å². The smallest absolute Gasteiger partial charge is 0.227 e. The second-order valence-electron chi connectivity index (χ2n) is 14.4. The molecule has 5 nitrogen and oxygen atoms in total. The molecule has 0 atom stereocenters. The third-order valence-electron chi connectivity index (χ3n) is 10.8. The Morgan fingerprint density at radius 3 is 1.79 bits per heavy atom. The van der Waals surface area contributed by atoms with Gasteiger partial charge >= 0.3 is 0 Å². The molecule has 5 heteroatoms. The third-order valence-corrected chi connectivity index (χ3v) is 10.8. The van der Waals surface area contributed by atoms with Crippen molar-refractivity contribution in [2.75, 3.05) is 9.80 Å². The predicted molar refractivity (Wildman–Crippen MR) is 239 cm³/mol. The van der Waals surface area contributed by atoms with Crippen molar-refractivity contribution in [1.82, 2.24) is 4.98 Å². The van der Waals surface area contributed by atoms with Crippen LogP contribution in [0.1, 0.15) is 0 Å². The number of anilines is 6. The fourth-order valence-electron chi connectivity index (χ4n) is 8.14. The highest BCUT2D eigenvalue weighted by molar-refractivity contribution is 6.08. The highest BCUT2D eigenvalue weighted by Crippen LogP contribution is 2.47. The number of furan rings is 1. The standard InChI is InChI=1S/C53H35N3O2/c1-4-16-36(17-5-1)39-22-14-25-41(32-39)55(42-30-31-51-46(33-42)45-27-12-13-29-50(45)57-51)43-34-47-52(58-53(54-47)38-19-6-2-7-20-38)49(35-43)56(40-23-8-3-9-24-40)48-28-15-21-37-18-10-11-26-44(37)48/h1-35H. The summed E-state index contributed by atoms with van der Waals surface area (Å²) in [6.45, 7) is 0. The van der Waals surface area contributed by atoms with Crippen LogP contribution in [0, 0.1) is 0 Å². The number of oxazole rings is 1. The van der Waals surface area contributed by atoms with E-state index in [2.05, 4.69) is 180 Å². The summed E-state index contributed by atoms with van der Waals surface area (Å²) in [6.07, 6.45) is 0. The molecule has 0 saturated carbocycles. The Hall–Kier alpha value is -7.89. The topological polar surface area (TPSA) is 45.7 Å². The van der Waals surface area contributed by atoms with Gasteiger partial charge in [-0.25, -0.2) is 4.98 Å². The molecule has 11 aromatic rings. The zero-order valence-electron chi connectivity index (χ0n) is 31.4. The van der Waals surface area contributed by atoms with Crippen molar-refractivity contribution < 1.29 is 8.83 Å². The highest BCUT2D eigenvalue weighted by atomic mass is 16.3. The first kappa shape index (κ1) is 33.4. The van der Waals surface area contributed by atoms with Crippen LogP contribution in [0.15, 0.2) is 221 Å². The molecular formula is C53H35N3O2. The summed E-state index contributed by atoms with van der Waals surface area (Å²) in [4.78, 5) is 9.84. The van der Waals surface area contributed by atoms with Gasteiger partial charge in [-0.15, -0.1) is 0 Å². The molecule has 0 aliphatic carbocycles. The Kier molecular flexibility index (Phi) is 8.07. The maximum Gasteiger partial charge on any atom is 0.227 e. The minimum Gasteiger partial charge on any atom is -0.456 e. The number of aromatic nitrogens is 1. The van der Waals surface area contributed by atoms with Gasteiger partial charge in [-0.05, 0) is 95.4 Å². The Bertz CT molecular complexity index is 3240. The van der Waals surface area contributed by atoms with E-state index in [1.54, 1.807) is 0 Å². The molecule has 0 radical (unpaired) electrons. The maximum absolute atomic E-state index is 6.86. The van der Waals surface area contributed by atoms with Crippen molar-refractivity contribution >= 4 is 77.9 Å². The van der Waals surface area contributed by atoms with Crippen molar-refractivity contribution in [3.8, 4) is 22.6 Å². The zero-order chi connectivity index (χ0) is 38.4. The van der Waals surface area contributed by atoms with Crippen LogP contribution in [-0.2, 0) is 0 Å². The Labute approximate surface area is 335 Å². The summed E-state index contributed by atoms with van der Waals surface area (Å²) in [5, 5.41) is 4.40. The van der Waals surface area contributed by atoms with E-state index in [1.165, 1.54) is 0 Å². The molecule has 0 bridgehead atoms. The molecule has 274 valence electrons. The molecule has 58 heavy (non-hydrogen) atoms. The monoisotopic (exact) mass is 745 g/mol. The summed E-state index contributed by atoms with van der Waals surface area (Å²) < 4.78 is 13.2. The predicted octanol–water partition coefficient (Wildman–Crippen LogP) is 15.2. The van der Waals surface area contributed by atoms with Crippen LogP contribution in [0.2, 0.25) is 0 Å². The molecule has 0 unspecified atom stereocenters. The molecule has 9 aromatic carbocycles. The van der Waals surface area contributed by atoms with Crippen molar-refractivity contribution in [2.45, 2.75) is 0 Å². The van der Waals surface area contributed by atoms with Gasteiger partial charge in [-0.1, -0.05) is 133 Å². The van der Waals surface area contributed by atoms with Gasteiger partial charge in [0.1, 0.15) is 16.7 Å². The number of benzene rings is 9. The van der Waals surface area contributed by atoms with Crippen LogP contribution in [-0.4, -0.2) is 4.98 Å². The second kappa shape index (κ2) is 14.0. The van der Waals surface area contributed by atoms with Crippen LogP contribution in [0.25, 0.3) is 66.4 Å². The Morgan fingerprint density at radius 1 is 0.345 bits per heavy atom. The summed E-state index contributed by atoms with van der Waals surface area (Å²) in [5.74, 6) is 0.559. The largest absolute Gasteiger partial charge is 0.456 e. The third kappa shape index (κ3) is 5.85. The van der Waals surface area contributed by atoms with E-state index in [9.17, 15) is 0 Å². The molecular weight excluding hydrogens is 711 g/mol. The molecule has 2 heterocycles. The van der Waals surface area contributed by atoms with Gasteiger partial charge in [-0.3, -0.25) is 0 Å². The first-order valence-electron chi connectivity index (χ1n) is 19.5. The lowest BCUT2D eigenvalue weighted by Crippen LogP contribution is -2.14. The van der Waals surface area contributed by atoms with Gasteiger partial charge in [0.05, 0.1) is 17.1 Å². The van der Waals surface area contributed by atoms with E-state index in [0.29, 0.717) is 11.5 Å². The van der Waals surface area contributed by atoms with Crippen LogP contribution < -0.4 is 9.80 Å². The molecule has 0 spiro atoms. The van der Waals surface area contributed by atoms with E-state index in [4.69, 9.17) is 13.8 Å². The van der Waals surface area contributed by atoms with Gasteiger partial charge in [0.15, 0.2) is 5.58 Å². The quantitative estimate of drug-likeness (QED) is 0.155. The molecule has 0 saturated heterocycles. The number of rotatable bonds is 8. The van der Waals surface area contributed by atoms with E-state index in [0.717, 1.165) is 89.0 Å². The second-order valence-corrected chi connectivity index (χ2v) is 14.4. The van der Waals surface area contributed by atoms with Crippen LogP contribution in [0.5, 0.6) is 0 Å². The normalized spacial score (nSPS) is 11.4. The SMILES string of the molecule is c1ccc(-c2cccc(N(c3cc(N(c4ccccc4)c4cccc5ccccc45)c4oc(-c5ccccc5)nc4c3)c3ccc4oc5ccccc5c4c3)c2)cc1. The lowest BCUT2D eigenvalue weighted by atomic mass is 10.0. The summed E-state index contributed by atoms with van der Waals surface area (Å²) >= 11 is 0. The minimum atomic E-state index is 0.559. The average molecular weight is 746 g/mol. The molecule has 11 rings (SSSR count). The Balaban J connectivity index is 1.21. The van der Waals surface area contributed by atoms with Crippen molar-refractivity contribution in [3.05, 3.63) is 212 Å². The fraction of sp³-hybridized carbons (Fsp3) is 0. The van der Waals surface area contributed by atoms with Crippen molar-refractivity contribution in [2.24, 2.45) is 0 Å². The lowest BCUT2D eigenvalue weighted by Gasteiger charge is -2.30. The fourth-order valence-corrected chi connectivity index (χ4v) is 8.14. The number of fused-ring (bicyclic) bond motifs is 5. The van der Waals surface area contributed by atoms with Gasteiger partial charge in [-0.2, -0.15) is 0 Å². The summed E-state index contributed by atoms with van der Waals surface area (Å²) in [7, 11) is 0. The molecule has 0 aliphatic heterocycles. The van der Waals surface area contributed by atoms with Crippen LogP contribution in [0.3, 0.4) is 0 Å². The van der Waals surface area contributed by atoms with E-state index >= 15 is 0 Å². The molecule has 2 aromatic heterocycles. The van der Waals surface area contributed by atoms with Gasteiger partial charge in [0, 0.05) is 38.8 Å². The van der Waals surface area contributed by atoms with Crippen LogP contribution in [0.4, 0.5) is 34.1 Å². The molecule has 0 aliphatic rings. The first-order valence-corrected chi connectivity index (χ1v) is 19.5. The minimum absolute atomic E-state index is 0.559. The van der Waals surface area contributed by atoms with E-state index in [-0.39, 0.29) is 0 Å². The van der Waals surface area contributed by atoms with E-state index < -0.39 is 0 Å². The average Bonchev–Trinajstić information content (AvgIpc) is 3.90. The number of hydrogen-bond donors (Lipinski definition) is 0. The Morgan fingerprint density at radius 2 is 0.966 bits per heavy atom. The van der Waals surface area contributed by atoms with Crippen molar-refractivity contribution in [1.29, 1.82) is 0 Å². The van der Waals surface area contributed by atoms with Crippen molar-refractivity contribution in [3.63, 3.8) is 0 Å².